The fourth-order valence-electron chi connectivity index (χ4n) is 2.55. The molecule has 0 bridgehead atoms. The number of anilines is 1. The first kappa shape index (κ1) is 14.4. The Morgan fingerprint density at radius 1 is 1.05 bits per heavy atom. The largest absolute Gasteiger partial charge is 0.423 e. The van der Waals surface area contributed by atoms with Gasteiger partial charge in [-0.15, -0.1) is 0 Å². The van der Waals surface area contributed by atoms with E-state index in [0.717, 1.165) is 29.6 Å². The predicted octanol–water partition coefficient (Wildman–Crippen LogP) is 4.15. The summed E-state index contributed by atoms with van der Waals surface area (Å²) in [7, 11) is 0. The smallest absolute Gasteiger partial charge is 0.339 e. The summed E-state index contributed by atoms with van der Waals surface area (Å²) in [5.41, 5.74) is 3.54. The molecule has 3 aromatic rings. The Morgan fingerprint density at radius 2 is 1.82 bits per heavy atom. The third kappa shape index (κ3) is 3.19. The van der Waals surface area contributed by atoms with E-state index >= 15 is 0 Å². The van der Waals surface area contributed by atoms with Gasteiger partial charge < -0.3 is 9.73 Å². The molecule has 0 aliphatic rings. The molecular formula is C19H19NO2. The van der Waals surface area contributed by atoms with E-state index in [1.807, 2.05) is 42.5 Å². The second kappa shape index (κ2) is 6.48. The fourth-order valence-corrected chi connectivity index (χ4v) is 2.55. The van der Waals surface area contributed by atoms with Crippen LogP contribution in [0, 0.1) is 6.92 Å². The van der Waals surface area contributed by atoms with Crippen LogP contribution in [-0.2, 0) is 6.42 Å². The molecule has 22 heavy (non-hydrogen) atoms. The van der Waals surface area contributed by atoms with E-state index in [1.54, 1.807) is 0 Å². The first-order valence-corrected chi connectivity index (χ1v) is 7.55. The van der Waals surface area contributed by atoms with Crippen LogP contribution >= 0.6 is 0 Å². The molecule has 3 heteroatoms. The van der Waals surface area contributed by atoms with Crippen LogP contribution in [-0.4, -0.2) is 6.54 Å². The summed E-state index contributed by atoms with van der Waals surface area (Å²) in [6, 6.07) is 17.7. The zero-order valence-corrected chi connectivity index (χ0v) is 12.6. The molecule has 2 aromatic carbocycles. The second-order valence-corrected chi connectivity index (χ2v) is 5.44. The molecule has 3 nitrogen and oxygen atoms in total. The Bertz CT molecular complexity index is 836. The van der Waals surface area contributed by atoms with Crippen LogP contribution in [0.2, 0.25) is 0 Å². The Balaban J connectivity index is 1.63. The van der Waals surface area contributed by atoms with E-state index in [0.29, 0.717) is 12.0 Å². The lowest BCUT2D eigenvalue weighted by atomic mass is 10.1. The van der Waals surface area contributed by atoms with Crippen LogP contribution in [0.3, 0.4) is 0 Å². The highest BCUT2D eigenvalue weighted by Gasteiger charge is 2.05. The monoisotopic (exact) mass is 293 g/mol. The summed E-state index contributed by atoms with van der Waals surface area (Å²) in [6.45, 7) is 2.91. The van der Waals surface area contributed by atoms with Crippen molar-refractivity contribution in [2.24, 2.45) is 0 Å². The predicted molar refractivity (Wildman–Crippen MR) is 90.5 cm³/mol. The quantitative estimate of drug-likeness (QED) is 0.567. The van der Waals surface area contributed by atoms with Gasteiger partial charge in [0.05, 0.1) is 0 Å². The van der Waals surface area contributed by atoms with Crippen molar-refractivity contribution in [3.8, 4) is 0 Å². The topological polar surface area (TPSA) is 42.2 Å². The lowest BCUT2D eigenvalue weighted by Gasteiger charge is -2.09. The number of fused-ring (bicyclic) bond motifs is 1. The summed E-state index contributed by atoms with van der Waals surface area (Å²) in [6.07, 6.45) is 1.60. The molecular weight excluding hydrogens is 274 g/mol. The first-order chi connectivity index (χ1) is 10.7. The van der Waals surface area contributed by atoms with Crippen molar-refractivity contribution in [2.45, 2.75) is 19.8 Å². The molecule has 0 radical (unpaired) electrons. The maximum atomic E-state index is 12.0. The minimum Gasteiger partial charge on any atom is -0.423 e. The Labute approximate surface area is 129 Å². The molecule has 0 fully saturated rings. The summed E-state index contributed by atoms with van der Waals surface area (Å²) >= 11 is 0. The van der Waals surface area contributed by atoms with Gasteiger partial charge in [-0.05, 0) is 43.5 Å². The lowest BCUT2D eigenvalue weighted by molar-refractivity contribution is 0.548. The standard InChI is InChI=1S/C19H19NO2/c1-14-7-2-4-10-17(14)20-12-6-9-16-13-15-8-3-5-11-18(15)22-19(16)21/h2-5,7-8,10-11,13,20H,6,9,12H2,1H3. The zero-order valence-electron chi connectivity index (χ0n) is 12.6. The number of hydrogen-bond donors (Lipinski definition) is 1. The van der Waals surface area contributed by atoms with Crippen LogP contribution in [0.15, 0.2) is 63.8 Å². The maximum absolute atomic E-state index is 12.0. The number of aryl methyl sites for hydroxylation is 2. The van der Waals surface area contributed by atoms with Crippen molar-refractivity contribution in [2.75, 3.05) is 11.9 Å². The van der Waals surface area contributed by atoms with E-state index in [4.69, 9.17) is 4.42 Å². The fraction of sp³-hybridized carbons (Fsp3) is 0.211. The highest BCUT2D eigenvalue weighted by atomic mass is 16.4. The molecule has 3 rings (SSSR count). The number of benzene rings is 2. The highest BCUT2D eigenvalue weighted by Crippen LogP contribution is 2.15. The van der Waals surface area contributed by atoms with Crippen LogP contribution in [0.5, 0.6) is 0 Å². The van der Waals surface area contributed by atoms with Crippen molar-refractivity contribution in [3.05, 3.63) is 76.1 Å². The number of rotatable bonds is 5. The molecule has 0 atom stereocenters. The molecule has 0 unspecified atom stereocenters. The van der Waals surface area contributed by atoms with Gasteiger partial charge in [0.1, 0.15) is 5.58 Å². The lowest BCUT2D eigenvalue weighted by Crippen LogP contribution is -2.10. The van der Waals surface area contributed by atoms with Gasteiger partial charge >= 0.3 is 5.63 Å². The third-order valence-corrected chi connectivity index (χ3v) is 3.80. The molecule has 1 heterocycles. The molecule has 112 valence electrons. The van der Waals surface area contributed by atoms with Crippen molar-refractivity contribution in [1.82, 2.24) is 0 Å². The van der Waals surface area contributed by atoms with Gasteiger partial charge in [-0.25, -0.2) is 4.79 Å². The summed E-state index contributed by atoms with van der Waals surface area (Å²) in [4.78, 5) is 12.0. The molecule has 0 aliphatic carbocycles. The van der Waals surface area contributed by atoms with Gasteiger partial charge in [0.25, 0.3) is 0 Å². The molecule has 1 aromatic heterocycles. The first-order valence-electron chi connectivity index (χ1n) is 7.55. The summed E-state index contributed by atoms with van der Waals surface area (Å²) in [5.74, 6) is 0. The number of hydrogen-bond acceptors (Lipinski definition) is 3. The average Bonchev–Trinajstić information content (AvgIpc) is 2.53. The Hall–Kier alpha value is -2.55. The molecule has 0 amide bonds. The van der Waals surface area contributed by atoms with E-state index in [1.165, 1.54) is 5.56 Å². The minimum absolute atomic E-state index is 0.227. The van der Waals surface area contributed by atoms with Crippen LogP contribution in [0.25, 0.3) is 11.0 Å². The van der Waals surface area contributed by atoms with Gasteiger partial charge in [-0.3, -0.25) is 0 Å². The average molecular weight is 293 g/mol. The molecule has 1 N–H and O–H groups in total. The van der Waals surface area contributed by atoms with Gasteiger partial charge in [-0.2, -0.15) is 0 Å². The van der Waals surface area contributed by atoms with Crippen molar-refractivity contribution in [3.63, 3.8) is 0 Å². The van der Waals surface area contributed by atoms with E-state index in [2.05, 4.69) is 24.4 Å². The van der Waals surface area contributed by atoms with Gasteiger partial charge in [-0.1, -0.05) is 36.4 Å². The molecule has 0 saturated heterocycles. The SMILES string of the molecule is Cc1ccccc1NCCCc1cc2ccccc2oc1=O. The van der Waals surface area contributed by atoms with Crippen molar-refractivity contribution >= 4 is 16.7 Å². The summed E-state index contributed by atoms with van der Waals surface area (Å²) in [5, 5.41) is 4.38. The molecule has 0 saturated carbocycles. The minimum atomic E-state index is -0.227. The van der Waals surface area contributed by atoms with Crippen LogP contribution in [0.1, 0.15) is 17.5 Å². The van der Waals surface area contributed by atoms with Crippen molar-refractivity contribution in [1.29, 1.82) is 0 Å². The third-order valence-electron chi connectivity index (χ3n) is 3.80. The number of para-hydroxylation sites is 2. The highest BCUT2D eigenvalue weighted by molar-refractivity contribution is 5.76. The maximum Gasteiger partial charge on any atom is 0.339 e. The Kier molecular flexibility index (Phi) is 4.24. The summed E-state index contributed by atoms with van der Waals surface area (Å²) < 4.78 is 5.35. The van der Waals surface area contributed by atoms with Crippen LogP contribution in [0.4, 0.5) is 5.69 Å². The van der Waals surface area contributed by atoms with Gasteiger partial charge in [0, 0.05) is 23.2 Å². The van der Waals surface area contributed by atoms with E-state index in [9.17, 15) is 4.79 Å². The molecule has 0 aliphatic heterocycles. The van der Waals surface area contributed by atoms with Gasteiger partial charge in [0.2, 0.25) is 0 Å². The normalized spacial score (nSPS) is 10.8. The second-order valence-electron chi connectivity index (χ2n) is 5.44. The Morgan fingerprint density at radius 3 is 2.68 bits per heavy atom. The van der Waals surface area contributed by atoms with Crippen molar-refractivity contribution < 1.29 is 4.42 Å². The zero-order chi connectivity index (χ0) is 15.4. The van der Waals surface area contributed by atoms with E-state index in [-0.39, 0.29) is 5.63 Å². The van der Waals surface area contributed by atoms with Gasteiger partial charge in [0.15, 0.2) is 0 Å². The molecule has 0 spiro atoms. The van der Waals surface area contributed by atoms with E-state index < -0.39 is 0 Å². The van der Waals surface area contributed by atoms with Crippen LogP contribution < -0.4 is 10.9 Å². The number of nitrogens with one attached hydrogen (secondary N) is 1.